The van der Waals surface area contributed by atoms with E-state index in [9.17, 15) is 13.2 Å². The first kappa shape index (κ1) is 18.5. The minimum Gasteiger partial charge on any atom is -0.306 e. The third-order valence-electron chi connectivity index (χ3n) is 4.68. The zero-order chi connectivity index (χ0) is 18.9. The largest absolute Gasteiger partial charge is 0.416 e. The Morgan fingerprint density at radius 2 is 1.88 bits per heavy atom. The first-order chi connectivity index (χ1) is 12.2. The van der Waals surface area contributed by atoms with Gasteiger partial charge in [0.05, 0.1) is 23.9 Å². The SMILES string of the molecule is Cc1cc(/[N+](C)=C/C2CCN(C)C2)nnc1-c1ccc(C(F)(F)F)cc1. The highest BCUT2D eigenvalue weighted by Gasteiger charge is 2.30. The van der Waals surface area contributed by atoms with Crippen molar-refractivity contribution >= 4 is 12.0 Å². The fourth-order valence-corrected chi connectivity index (χ4v) is 3.23. The molecule has 0 amide bonds. The van der Waals surface area contributed by atoms with Crippen LogP contribution in [0, 0.1) is 12.8 Å². The molecular formula is C19H22F3N4+. The molecule has 0 bridgehead atoms. The first-order valence-electron chi connectivity index (χ1n) is 8.52. The number of rotatable bonds is 3. The molecule has 1 aromatic carbocycles. The van der Waals surface area contributed by atoms with Gasteiger partial charge in [0.2, 0.25) is 0 Å². The molecule has 26 heavy (non-hydrogen) atoms. The summed E-state index contributed by atoms with van der Waals surface area (Å²) in [6.07, 6.45) is -1.06. The topological polar surface area (TPSA) is 32.0 Å². The predicted molar refractivity (Wildman–Crippen MR) is 94.7 cm³/mol. The number of hydrogen-bond donors (Lipinski definition) is 0. The van der Waals surface area contributed by atoms with Gasteiger partial charge >= 0.3 is 12.0 Å². The molecule has 0 aliphatic carbocycles. The zero-order valence-electron chi connectivity index (χ0n) is 15.1. The molecule has 4 nitrogen and oxygen atoms in total. The third kappa shape index (κ3) is 4.09. The molecule has 2 heterocycles. The molecule has 1 fully saturated rings. The van der Waals surface area contributed by atoms with Crippen LogP contribution in [0.4, 0.5) is 19.0 Å². The average Bonchev–Trinajstić information content (AvgIpc) is 2.99. The Kier molecular flexibility index (Phi) is 5.09. The normalized spacial score (nSPS) is 19.2. The van der Waals surface area contributed by atoms with Gasteiger partial charge in [0.25, 0.3) is 0 Å². The second-order valence-electron chi connectivity index (χ2n) is 6.88. The summed E-state index contributed by atoms with van der Waals surface area (Å²) in [6, 6.07) is 6.92. The van der Waals surface area contributed by atoms with Crippen molar-refractivity contribution in [2.75, 3.05) is 27.2 Å². The quantitative estimate of drug-likeness (QED) is 0.615. The second kappa shape index (κ2) is 7.15. The lowest BCUT2D eigenvalue weighted by atomic mass is 10.1. The van der Waals surface area contributed by atoms with Crippen molar-refractivity contribution in [3.05, 3.63) is 41.5 Å². The van der Waals surface area contributed by atoms with Gasteiger partial charge in [0.1, 0.15) is 5.69 Å². The Morgan fingerprint density at radius 3 is 2.42 bits per heavy atom. The van der Waals surface area contributed by atoms with Crippen molar-refractivity contribution < 1.29 is 17.7 Å². The summed E-state index contributed by atoms with van der Waals surface area (Å²) >= 11 is 0. The van der Waals surface area contributed by atoms with Crippen LogP contribution < -0.4 is 0 Å². The monoisotopic (exact) mass is 363 g/mol. The van der Waals surface area contributed by atoms with E-state index < -0.39 is 11.7 Å². The Balaban J connectivity index is 1.82. The Labute approximate surface area is 151 Å². The van der Waals surface area contributed by atoms with E-state index in [0.29, 0.717) is 17.2 Å². The van der Waals surface area contributed by atoms with Crippen molar-refractivity contribution in [3.8, 4) is 11.3 Å². The molecule has 138 valence electrons. The molecule has 3 rings (SSSR count). The molecule has 1 atom stereocenters. The molecule has 1 saturated heterocycles. The maximum Gasteiger partial charge on any atom is 0.416 e. The lowest BCUT2D eigenvalue weighted by Crippen LogP contribution is -2.17. The van der Waals surface area contributed by atoms with Crippen LogP contribution >= 0.6 is 0 Å². The highest BCUT2D eigenvalue weighted by Crippen LogP contribution is 2.31. The zero-order valence-corrected chi connectivity index (χ0v) is 15.1. The number of alkyl halides is 3. The van der Waals surface area contributed by atoms with E-state index in [1.807, 2.05) is 24.6 Å². The van der Waals surface area contributed by atoms with E-state index in [1.54, 1.807) is 0 Å². The molecular weight excluding hydrogens is 341 g/mol. The molecule has 0 N–H and O–H groups in total. The summed E-state index contributed by atoms with van der Waals surface area (Å²) in [5.41, 5.74) is 1.42. The van der Waals surface area contributed by atoms with Crippen LogP contribution in [0.1, 0.15) is 17.5 Å². The van der Waals surface area contributed by atoms with Gasteiger partial charge < -0.3 is 4.90 Å². The second-order valence-corrected chi connectivity index (χ2v) is 6.88. The standard InChI is InChI=1S/C19H22F3N4/c1-13-10-17(26(3)12-14-8-9-25(2)11-14)23-24-18(13)15-4-6-16(7-5-15)19(20,21)22/h4-7,10,12,14H,8-9,11H2,1-3H3/q+1/b26-12+. The third-order valence-corrected chi connectivity index (χ3v) is 4.68. The average molecular weight is 363 g/mol. The number of aryl methyl sites for hydroxylation is 1. The van der Waals surface area contributed by atoms with Crippen LogP contribution in [0.3, 0.4) is 0 Å². The Bertz CT molecular complexity index is 813. The molecule has 0 radical (unpaired) electrons. The lowest BCUT2D eigenvalue weighted by Gasteiger charge is -2.08. The molecule has 0 saturated carbocycles. The van der Waals surface area contributed by atoms with Crippen molar-refractivity contribution in [1.82, 2.24) is 15.1 Å². The lowest BCUT2D eigenvalue weighted by molar-refractivity contribution is -0.407. The van der Waals surface area contributed by atoms with Crippen LogP contribution in [0.15, 0.2) is 30.3 Å². The Hall–Kier alpha value is -2.28. The summed E-state index contributed by atoms with van der Waals surface area (Å²) in [4.78, 5) is 2.29. The summed E-state index contributed by atoms with van der Waals surface area (Å²) in [5, 5.41) is 8.50. The number of halogens is 3. The molecule has 1 aliphatic rings. The van der Waals surface area contributed by atoms with Gasteiger partial charge in [-0.25, -0.2) is 4.58 Å². The maximum absolute atomic E-state index is 12.7. The molecule has 1 aromatic heterocycles. The highest BCUT2D eigenvalue weighted by molar-refractivity contribution is 5.64. The van der Waals surface area contributed by atoms with Gasteiger partial charge in [-0.05, 0) is 49.7 Å². The number of nitrogens with zero attached hydrogens (tertiary/aromatic N) is 4. The summed E-state index contributed by atoms with van der Waals surface area (Å²) in [5.74, 6) is 1.22. The van der Waals surface area contributed by atoms with Gasteiger partial charge in [0, 0.05) is 24.1 Å². The predicted octanol–water partition coefficient (Wildman–Crippen LogP) is 3.77. The van der Waals surface area contributed by atoms with E-state index in [0.717, 1.165) is 43.0 Å². The minimum atomic E-state index is -4.34. The van der Waals surface area contributed by atoms with Gasteiger partial charge in [-0.2, -0.15) is 13.2 Å². The smallest absolute Gasteiger partial charge is 0.306 e. The Morgan fingerprint density at radius 1 is 1.19 bits per heavy atom. The molecule has 2 aromatic rings. The van der Waals surface area contributed by atoms with Crippen LogP contribution in [0.2, 0.25) is 0 Å². The minimum absolute atomic E-state index is 0.488. The number of likely N-dealkylation sites (tertiary alicyclic amines) is 1. The van der Waals surface area contributed by atoms with Crippen molar-refractivity contribution in [3.63, 3.8) is 0 Å². The van der Waals surface area contributed by atoms with Crippen molar-refractivity contribution in [2.24, 2.45) is 5.92 Å². The number of benzene rings is 1. The van der Waals surface area contributed by atoms with Gasteiger partial charge in [-0.1, -0.05) is 12.1 Å². The van der Waals surface area contributed by atoms with Crippen molar-refractivity contribution in [1.29, 1.82) is 0 Å². The van der Waals surface area contributed by atoms with E-state index in [2.05, 4.69) is 28.4 Å². The van der Waals surface area contributed by atoms with Crippen LogP contribution in [-0.4, -0.2) is 53.1 Å². The molecule has 0 spiro atoms. The van der Waals surface area contributed by atoms with E-state index in [1.165, 1.54) is 12.1 Å². The van der Waals surface area contributed by atoms with E-state index in [4.69, 9.17) is 0 Å². The highest BCUT2D eigenvalue weighted by atomic mass is 19.4. The summed E-state index contributed by atoms with van der Waals surface area (Å²) < 4.78 is 40.1. The fourth-order valence-electron chi connectivity index (χ4n) is 3.23. The van der Waals surface area contributed by atoms with E-state index in [-0.39, 0.29) is 0 Å². The number of hydrogen-bond acceptors (Lipinski definition) is 3. The number of aromatic nitrogens is 2. The summed E-state index contributed by atoms with van der Waals surface area (Å²) in [6.45, 7) is 4.01. The molecule has 7 heteroatoms. The maximum atomic E-state index is 12.7. The van der Waals surface area contributed by atoms with Gasteiger partial charge in [-0.3, -0.25) is 0 Å². The first-order valence-corrected chi connectivity index (χ1v) is 8.52. The molecule has 1 unspecified atom stereocenters. The summed E-state index contributed by atoms with van der Waals surface area (Å²) in [7, 11) is 4.05. The molecule has 1 aliphatic heterocycles. The van der Waals surface area contributed by atoms with E-state index >= 15 is 0 Å². The van der Waals surface area contributed by atoms with Crippen LogP contribution in [-0.2, 0) is 6.18 Å². The van der Waals surface area contributed by atoms with Gasteiger partial charge in [-0.15, -0.1) is 0 Å². The van der Waals surface area contributed by atoms with Crippen LogP contribution in [0.25, 0.3) is 11.3 Å². The van der Waals surface area contributed by atoms with Crippen LogP contribution in [0.5, 0.6) is 0 Å². The fraction of sp³-hybridized carbons (Fsp3) is 0.421. The van der Waals surface area contributed by atoms with Crippen molar-refractivity contribution in [2.45, 2.75) is 19.5 Å². The van der Waals surface area contributed by atoms with Gasteiger partial charge in [0.15, 0.2) is 0 Å².